The van der Waals surface area contributed by atoms with E-state index in [0.29, 0.717) is 5.92 Å². The summed E-state index contributed by atoms with van der Waals surface area (Å²) in [5, 5.41) is 3.16. The number of morpholine rings is 1. The number of carbonyl (C=O) groups excluding carboxylic acids is 1. The number of amides is 1. The fourth-order valence-corrected chi connectivity index (χ4v) is 6.25. The number of methoxy groups -OCH3 is 2. The SMILES string of the molecule is COC(=O)N[C@@H]1[C@@H](C)[C@H](OC)[C@]23C=CC=C[C@H]2C13CCN1CCOCC1. The lowest BCUT2D eigenvalue weighted by Crippen LogP contribution is -2.47. The van der Waals surface area contributed by atoms with E-state index in [9.17, 15) is 4.79 Å². The number of rotatable bonds is 5. The zero-order valence-corrected chi connectivity index (χ0v) is 15.9. The van der Waals surface area contributed by atoms with Crippen molar-refractivity contribution in [2.45, 2.75) is 25.5 Å². The largest absolute Gasteiger partial charge is 0.453 e. The molecule has 3 aliphatic carbocycles. The Morgan fingerprint density at radius 2 is 2.08 bits per heavy atom. The summed E-state index contributed by atoms with van der Waals surface area (Å²) < 4.78 is 16.4. The van der Waals surface area contributed by atoms with Crippen LogP contribution in [0.15, 0.2) is 24.3 Å². The molecule has 0 aromatic rings. The van der Waals surface area contributed by atoms with E-state index in [0.717, 1.165) is 39.3 Å². The monoisotopic (exact) mass is 362 g/mol. The summed E-state index contributed by atoms with van der Waals surface area (Å²) in [6.45, 7) is 6.79. The summed E-state index contributed by atoms with van der Waals surface area (Å²) in [4.78, 5) is 14.6. The van der Waals surface area contributed by atoms with Gasteiger partial charge in [0.1, 0.15) is 0 Å². The van der Waals surface area contributed by atoms with Crippen LogP contribution in [-0.2, 0) is 14.2 Å². The number of ether oxygens (including phenoxy) is 3. The number of fused-ring (bicyclic) bond motifs is 1. The fourth-order valence-electron chi connectivity index (χ4n) is 6.25. The van der Waals surface area contributed by atoms with Crippen molar-refractivity contribution < 1.29 is 19.0 Å². The summed E-state index contributed by atoms with van der Waals surface area (Å²) >= 11 is 0. The molecule has 1 unspecified atom stereocenters. The van der Waals surface area contributed by atoms with Gasteiger partial charge in [-0.1, -0.05) is 31.2 Å². The first-order valence-corrected chi connectivity index (χ1v) is 9.65. The van der Waals surface area contributed by atoms with E-state index < -0.39 is 0 Å². The summed E-state index contributed by atoms with van der Waals surface area (Å²) in [5.41, 5.74) is -0.0308. The minimum atomic E-state index is -0.351. The van der Waals surface area contributed by atoms with Gasteiger partial charge in [-0.15, -0.1) is 0 Å². The number of allylic oxidation sites excluding steroid dienone is 3. The van der Waals surface area contributed by atoms with Crippen LogP contribution in [-0.4, -0.2) is 70.2 Å². The highest BCUT2D eigenvalue weighted by Gasteiger charge is 2.85. The van der Waals surface area contributed by atoms with Crippen LogP contribution in [0.5, 0.6) is 0 Å². The molecule has 4 aliphatic rings. The van der Waals surface area contributed by atoms with E-state index in [2.05, 4.69) is 41.4 Å². The molecular weight excluding hydrogens is 332 g/mol. The van der Waals surface area contributed by atoms with Gasteiger partial charge in [-0.3, -0.25) is 4.90 Å². The molecule has 6 nitrogen and oxygen atoms in total. The van der Waals surface area contributed by atoms with Gasteiger partial charge in [0, 0.05) is 43.0 Å². The molecule has 0 aromatic carbocycles. The molecule has 1 aliphatic heterocycles. The Labute approximate surface area is 155 Å². The highest BCUT2D eigenvalue weighted by atomic mass is 16.5. The second-order valence-electron chi connectivity index (χ2n) is 8.03. The van der Waals surface area contributed by atoms with Crippen LogP contribution in [0.4, 0.5) is 4.79 Å². The summed E-state index contributed by atoms with van der Waals surface area (Å²) in [5.74, 6) is 0.639. The molecule has 1 spiro atoms. The molecular formula is C20H30N2O4. The zero-order chi connectivity index (χ0) is 18.4. The van der Waals surface area contributed by atoms with Crippen LogP contribution in [0.3, 0.4) is 0 Å². The Bertz CT molecular complexity index is 615. The number of hydrogen-bond acceptors (Lipinski definition) is 5. The predicted molar refractivity (Wildman–Crippen MR) is 97.8 cm³/mol. The van der Waals surface area contributed by atoms with Crippen LogP contribution in [0, 0.1) is 22.7 Å². The molecule has 1 saturated heterocycles. The van der Waals surface area contributed by atoms with Gasteiger partial charge in [0.25, 0.3) is 0 Å². The maximum Gasteiger partial charge on any atom is 0.407 e. The summed E-state index contributed by atoms with van der Waals surface area (Å²) in [7, 11) is 3.23. The van der Waals surface area contributed by atoms with Crippen LogP contribution in [0.1, 0.15) is 13.3 Å². The van der Waals surface area contributed by atoms with Crippen LogP contribution in [0.25, 0.3) is 0 Å². The lowest BCUT2D eigenvalue weighted by molar-refractivity contribution is 0.0252. The van der Waals surface area contributed by atoms with Gasteiger partial charge in [0.05, 0.1) is 26.4 Å². The minimum absolute atomic E-state index is 0.0108. The molecule has 1 amide bonds. The normalized spacial score (nSPS) is 43.7. The van der Waals surface area contributed by atoms with Gasteiger partial charge in [0.2, 0.25) is 0 Å². The molecule has 26 heavy (non-hydrogen) atoms. The van der Waals surface area contributed by atoms with Gasteiger partial charge in [-0.25, -0.2) is 4.79 Å². The maximum atomic E-state index is 12.1. The van der Waals surface area contributed by atoms with Crippen molar-refractivity contribution in [1.82, 2.24) is 10.2 Å². The number of carbonyl (C=O) groups is 1. The van der Waals surface area contributed by atoms with Gasteiger partial charge in [0.15, 0.2) is 0 Å². The second kappa shape index (κ2) is 6.66. The lowest BCUT2D eigenvalue weighted by Gasteiger charge is -2.33. The Balaban J connectivity index is 1.63. The van der Waals surface area contributed by atoms with Crippen molar-refractivity contribution in [1.29, 1.82) is 0 Å². The van der Waals surface area contributed by atoms with Crippen LogP contribution in [0.2, 0.25) is 0 Å². The first kappa shape index (κ1) is 18.0. The van der Waals surface area contributed by atoms with E-state index in [4.69, 9.17) is 14.2 Å². The third-order valence-corrected chi connectivity index (χ3v) is 7.27. The van der Waals surface area contributed by atoms with Gasteiger partial charge in [-0.05, 0) is 18.9 Å². The Kier molecular flexibility index (Phi) is 4.61. The van der Waals surface area contributed by atoms with Crippen LogP contribution >= 0.6 is 0 Å². The van der Waals surface area contributed by atoms with Crippen molar-refractivity contribution in [3.8, 4) is 0 Å². The molecule has 144 valence electrons. The van der Waals surface area contributed by atoms with Crippen LogP contribution < -0.4 is 5.32 Å². The van der Waals surface area contributed by atoms with Crippen molar-refractivity contribution in [2.75, 3.05) is 47.1 Å². The molecule has 0 aromatic heterocycles. The smallest absolute Gasteiger partial charge is 0.407 e. The average Bonchev–Trinajstić information content (AvgIpc) is 3.22. The molecule has 4 rings (SSSR count). The molecule has 0 radical (unpaired) electrons. The van der Waals surface area contributed by atoms with Gasteiger partial charge >= 0.3 is 6.09 Å². The first-order valence-electron chi connectivity index (χ1n) is 9.65. The van der Waals surface area contributed by atoms with E-state index in [1.54, 1.807) is 7.11 Å². The standard InChI is InChI=1S/C20H30N2O4/c1-14-16(21-18(23)25-3)19(8-9-22-10-12-26-13-11-22)15-6-4-5-7-20(15,19)17(14)24-2/h4-7,14-17H,8-13H2,1-3H3,(H,21,23)/t14-,15+,16-,17+,19?,20+/m1/s1. The highest BCUT2D eigenvalue weighted by molar-refractivity contribution is 5.68. The third kappa shape index (κ3) is 2.31. The highest BCUT2D eigenvalue weighted by Crippen LogP contribution is 2.82. The van der Waals surface area contributed by atoms with Crippen molar-refractivity contribution in [3.05, 3.63) is 24.3 Å². The Morgan fingerprint density at radius 1 is 1.31 bits per heavy atom. The molecule has 1 N–H and O–H groups in total. The van der Waals surface area contributed by atoms with Gasteiger partial charge in [-0.2, -0.15) is 0 Å². The van der Waals surface area contributed by atoms with E-state index in [1.165, 1.54) is 7.11 Å². The number of nitrogens with one attached hydrogen (secondary N) is 1. The minimum Gasteiger partial charge on any atom is -0.453 e. The van der Waals surface area contributed by atoms with E-state index >= 15 is 0 Å². The molecule has 2 saturated carbocycles. The zero-order valence-electron chi connectivity index (χ0n) is 15.9. The first-order chi connectivity index (χ1) is 12.6. The number of hydrogen-bond donors (Lipinski definition) is 1. The second-order valence-corrected chi connectivity index (χ2v) is 8.03. The van der Waals surface area contributed by atoms with E-state index in [-0.39, 0.29) is 35.0 Å². The lowest BCUT2D eigenvalue weighted by atomic mass is 9.84. The Hall–Kier alpha value is -1.37. The average molecular weight is 362 g/mol. The van der Waals surface area contributed by atoms with Crippen molar-refractivity contribution in [2.24, 2.45) is 22.7 Å². The molecule has 1 heterocycles. The molecule has 6 heteroatoms. The molecule has 0 bridgehead atoms. The number of alkyl carbamates (subject to hydrolysis) is 1. The topological polar surface area (TPSA) is 60.0 Å². The molecule has 3 fully saturated rings. The summed E-state index contributed by atoms with van der Waals surface area (Å²) in [6, 6.07) is 0.0401. The van der Waals surface area contributed by atoms with E-state index in [1.807, 2.05) is 0 Å². The third-order valence-electron chi connectivity index (χ3n) is 7.27. The van der Waals surface area contributed by atoms with Gasteiger partial charge < -0.3 is 19.5 Å². The quantitative estimate of drug-likeness (QED) is 0.809. The number of nitrogens with zero attached hydrogens (tertiary/aromatic N) is 1. The Morgan fingerprint density at radius 3 is 2.77 bits per heavy atom. The van der Waals surface area contributed by atoms with Crippen molar-refractivity contribution in [3.63, 3.8) is 0 Å². The fraction of sp³-hybridized carbons (Fsp3) is 0.750. The predicted octanol–water partition coefficient (Wildman–Crippen LogP) is 1.83. The molecule has 6 atom stereocenters. The van der Waals surface area contributed by atoms with Crippen molar-refractivity contribution >= 4 is 6.09 Å². The maximum absolute atomic E-state index is 12.1. The summed E-state index contributed by atoms with van der Waals surface area (Å²) in [6.07, 6.45) is 9.70.